The van der Waals surface area contributed by atoms with Crippen LogP contribution in [0.1, 0.15) is 53.4 Å². The number of alkyl carbamates (subject to hydrolysis) is 1. The van der Waals surface area contributed by atoms with Crippen LogP contribution in [0.25, 0.3) is 0 Å². The van der Waals surface area contributed by atoms with E-state index >= 15 is 0 Å². The lowest BCUT2D eigenvalue weighted by atomic mass is 9.79. The Hall–Kier alpha value is -1.06. The van der Waals surface area contributed by atoms with Gasteiger partial charge in [-0.3, -0.25) is 0 Å². The average molecular weight is 255 g/mol. The zero-order valence-electron chi connectivity index (χ0n) is 11.9. The van der Waals surface area contributed by atoms with Gasteiger partial charge in [-0.1, -0.05) is 0 Å². The van der Waals surface area contributed by atoms with E-state index in [1.807, 2.05) is 27.7 Å². The zero-order chi connectivity index (χ0) is 13.8. The van der Waals surface area contributed by atoms with E-state index in [2.05, 4.69) is 5.32 Å². The monoisotopic (exact) mass is 255 g/mol. The first-order valence-corrected chi connectivity index (χ1v) is 6.76. The van der Waals surface area contributed by atoms with E-state index in [0.717, 1.165) is 32.0 Å². The quantitative estimate of drug-likeness (QED) is 0.789. The van der Waals surface area contributed by atoms with Crippen LogP contribution in [0.5, 0.6) is 0 Å². The van der Waals surface area contributed by atoms with Gasteiger partial charge in [0.1, 0.15) is 11.9 Å². The molecule has 1 amide bonds. The van der Waals surface area contributed by atoms with Crippen LogP contribution in [-0.4, -0.2) is 24.0 Å². The van der Waals surface area contributed by atoms with Crippen LogP contribution in [-0.2, 0) is 9.53 Å². The van der Waals surface area contributed by atoms with E-state index in [0.29, 0.717) is 5.92 Å². The summed E-state index contributed by atoms with van der Waals surface area (Å²) in [5.74, 6) is 0.670. The molecule has 0 radical (unpaired) electrons. The standard InChI is InChI=1S/C14H25NO3/c1-10(15-13(17)18-14(2,3)4)12-7-5-11(9-16)6-8-12/h9-12H,5-8H2,1-4H3,(H,15,17). The molecular weight excluding hydrogens is 230 g/mol. The highest BCUT2D eigenvalue weighted by atomic mass is 16.6. The summed E-state index contributed by atoms with van der Waals surface area (Å²) in [6, 6.07) is 0.104. The smallest absolute Gasteiger partial charge is 0.407 e. The van der Waals surface area contributed by atoms with Crippen molar-refractivity contribution in [3.63, 3.8) is 0 Å². The third-order valence-electron chi connectivity index (χ3n) is 3.46. The van der Waals surface area contributed by atoms with Gasteiger partial charge < -0.3 is 14.8 Å². The molecule has 4 nitrogen and oxygen atoms in total. The van der Waals surface area contributed by atoms with Gasteiger partial charge >= 0.3 is 6.09 Å². The summed E-state index contributed by atoms with van der Waals surface area (Å²) >= 11 is 0. The Morgan fingerprint density at radius 1 is 1.28 bits per heavy atom. The molecule has 1 atom stereocenters. The normalized spacial score (nSPS) is 26.2. The second kappa shape index (κ2) is 6.21. The lowest BCUT2D eigenvalue weighted by Crippen LogP contribution is -2.42. The van der Waals surface area contributed by atoms with Gasteiger partial charge in [0.25, 0.3) is 0 Å². The molecule has 0 bridgehead atoms. The third kappa shape index (κ3) is 5.07. The van der Waals surface area contributed by atoms with Crippen LogP contribution in [0, 0.1) is 11.8 Å². The third-order valence-corrected chi connectivity index (χ3v) is 3.46. The highest BCUT2D eigenvalue weighted by Crippen LogP contribution is 2.29. The van der Waals surface area contributed by atoms with Gasteiger partial charge in [0.05, 0.1) is 0 Å². The summed E-state index contributed by atoms with van der Waals surface area (Å²) in [6.07, 6.45) is 4.58. The summed E-state index contributed by atoms with van der Waals surface area (Å²) < 4.78 is 5.24. The first-order valence-electron chi connectivity index (χ1n) is 6.76. The first kappa shape index (κ1) is 15.0. The topological polar surface area (TPSA) is 55.4 Å². The first-order chi connectivity index (χ1) is 8.31. The van der Waals surface area contributed by atoms with E-state index in [4.69, 9.17) is 4.74 Å². The Balaban J connectivity index is 2.35. The van der Waals surface area contributed by atoms with Crippen LogP contribution in [0.15, 0.2) is 0 Å². The molecule has 1 aliphatic rings. The number of carbonyl (C=O) groups excluding carboxylic acids is 2. The van der Waals surface area contributed by atoms with Gasteiger partial charge in [0, 0.05) is 12.0 Å². The Bertz CT molecular complexity index is 288. The van der Waals surface area contributed by atoms with Gasteiger partial charge in [-0.15, -0.1) is 0 Å². The predicted molar refractivity (Wildman–Crippen MR) is 70.3 cm³/mol. The van der Waals surface area contributed by atoms with Crippen molar-refractivity contribution >= 4 is 12.4 Å². The Labute approximate surface area is 109 Å². The van der Waals surface area contributed by atoms with Crippen LogP contribution in [0.3, 0.4) is 0 Å². The Morgan fingerprint density at radius 3 is 2.28 bits per heavy atom. The van der Waals surface area contributed by atoms with Crippen molar-refractivity contribution in [2.24, 2.45) is 11.8 Å². The number of nitrogens with one attached hydrogen (secondary N) is 1. The maximum absolute atomic E-state index is 11.6. The average Bonchev–Trinajstić information content (AvgIpc) is 2.26. The van der Waals surface area contributed by atoms with Crippen molar-refractivity contribution in [3.05, 3.63) is 0 Å². The summed E-state index contributed by atoms with van der Waals surface area (Å²) in [5, 5.41) is 2.89. The number of hydrogen-bond donors (Lipinski definition) is 1. The van der Waals surface area contributed by atoms with E-state index in [9.17, 15) is 9.59 Å². The maximum Gasteiger partial charge on any atom is 0.407 e. The molecule has 0 aromatic heterocycles. The fourth-order valence-electron chi connectivity index (χ4n) is 2.39. The highest BCUT2D eigenvalue weighted by molar-refractivity contribution is 5.68. The molecule has 4 heteroatoms. The van der Waals surface area contributed by atoms with Gasteiger partial charge in [-0.2, -0.15) is 0 Å². The second-order valence-electron chi connectivity index (χ2n) is 6.25. The molecule has 1 rings (SSSR count). The van der Waals surface area contributed by atoms with E-state index in [-0.39, 0.29) is 18.1 Å². The predicted octanol–water partition coefficient (Wildman–Crippen LogP) is 2.90. The number of amides is 1. The molecule has 0 spiro atoms. The molecule has 0 heterocycles. The number of aldehydes is 1. The fourth-order valence-corrected chi connectivity index (χ4v) is 2.39. The lowest BCUT2D eigenvalue weighted by molar-refractivity contribution is -0.112. The second-order valence-corrected chi connectivity index (χ2v) is 6.25. The SMILES string of the molecule is CC(NC(=O)OC(C)(C)C)C1CCC(C=O)CC1. The zero-order valence-corrected chi connectivity index (χ0v) is 11.9. The molecule has 18 heavy (non-hydrogen) atoms. The lowest BCUT2D eigenvalue weighted by Gasteiger charge is -2.31. The number of carbonyl (C=O) groups is 2. The fraction of sp³-hybridized carbons (Fsp3) is 0.857. The molecule has 1 aliphatic carbocycles. The van der Waals surface area contributed by atoms with Crippen molar-refractivity contribution in [2.75, 3.05) is 0 Å². The van der Waals surface area contributed by atoms with Gasteiger partial charge in [-0.05, 0) is 59.3 Å². The van der Waals surface area contributed by atoms with Crippen LogP contribution in [0.4, 0.5) is 4.79 Å². The van der Waals surface area contributed by atoms with E-state index in [1.165, 1.54) is 0 Å². The number of rotatable bonds is 3. The number of ether oxygens (including phenoxy) is 1. The largest absolute Gasteiger partial charge is 0.444 e. The minimum absolute atomic E-state index is 0.104. The minimum atomic E-state index is -0.459. The van der Waals surface area contributed by atoms with Crippen molar-refractivity contribution in [1.29, 1.82) is 0 Å². The molecule has 0 aromatic carbocycles. The molecule has 0 aromatic rings. The van der Waals surface area contributed by atoms with Gasteiger partial charge in [0.15, 0.2) is 0 Å². The molecular formula is C14H25NO3. The molecule has 1 fully saturated rings. The van der Waals surface area contributed by atoms with Crippen molar-refractivity contribution < 1.29 is 14.3 Å². The van der Waals surface area contributed by atoms with Crippen molar-refractivity contribution in [2.45, 2.75) is 65.0 Å². The van der Waals surface area contributed by atoms with Crippen LogP contribution < -0.4 is 5.32 Å². The van der Waals surface area contributed by atoms with Crippen molar-refractivity contribution in [1.82, 2.24) is 5.32 Å². The Morgan fingerprint density at radius 2 is 1.83 bits per heavy atom. The van der Waals surface area contributed by atoms with E-state index in [1.54, 1.807) is 0 Å². The van der Waals surface area contributed by atoms with Crippen LogP contribution >= 0.6 is 0 Å². The van der Waals surface area contributed by atoms with Gasteiger partial charge in [0.2, 0.25) is 0 Å². The molecule has 0 aliphatic heterocycles. The molecule has 1 N–H and O–H groups in total. The summed E-state index contributed by atoms with van der Waals surface area (Å²) in [5.41, 5.74) is -0.459. The highest BCUT2D eigenvalue weighted by Gasteiger charge is 2.27. The summed E-state index contributed by atoms with van der Waals surface area (Å²) in [6.45, 7) is 7.57. The summed E-state index contributed by atoms with van der Waals surface area (Å²) in [4.78, 5) is 22.3. The summed E-state index contributed by atoms with van der Waals surface area (Å²) in [7, 11) is 0. The van der Waals surface area contributed by atoms with Crippen LogP contribution in [0.2, 0.25) is 0 Å². The maximum atomic E-state index is 11.6. The molecule has 1 unspecified atom stereocenters. The molecule has 1 saturated carbocycles. The number of hydrogen-bond acceptors (Lipinski definition) is 3. The van der Waals surface area contributed by atoms with E-state index < -0.39 is 5.60 Å². The van der Waals surface area contributed by atoms with Crippen molar-refractivity contribution in [3.8, 4) is 0 Å². The Kier molecular flexibility index (Phi) is 5.17. The molecule has 104 valence electrons. The molecule has 0 saturated heterocycles. The van der Waals surface area contributed by atoms with Gasteiger partial charge in [-0.25, -0.2) is 4.79 Å². The minimum Gasteiger partial charge on any atom is -0.444 e.